The van der Waals surface area contributed by atoms with Crippen molar-refractivity contribution in [1.29, 1.82) is 0 Å². The molecule has 0 heterocycles. The van der Waals surface area contributed by atoms with Crippen LogP contribution in [-0.4, -0.2) is 0 Å². The van der Waals surface area contributed by atoms with E-state index in [9.17, 15) is 0 Å². The van der Waals surface area contributed by atoms with Gasteiger partial charge in [-0.3, -0.25) is 0 Å². The third kappa shape index (κ3) is 10.1. The van der Waals surface area contributed by atoms with E-state index in [0.717, 1.165) is 0 Å². The van der Waals surface area contributed by atoms with Crippen molar-refractivity contribution in [1.82, 2.24) is 0 Å². The van der Waals surface area contributed by atoms with Gasteiger partial charge in [0.15, 0.2) is 0 Å². The minimum absolute atomic E-state index is 0. The van der Waals surface area contributed by atoms with E-state index in [-0.39, 0.29) is 35.6 Å². The van der Waals surface area contributed by atoms with Crippen LogP contribution in [0.3, 0.4) is 0 Å². The molecule has 28 heavy (non-hydrogen) atoms. The van der Waals surface area contributed by atoms with E-state index in [4.69, 9.17) is 0 Å². The smallest absolute Gasteiger partial charge is 0.213 e. The van der Waals surface area contributed by atoms with Gasteiger partial charge in [-0.1, -0.05) is 78.6 Å². The standard InChI is InChI=1S/3C9H13.La/c3*1-9(2,3)8-6-4-5-7-8;/h3*4-7H,1-3H3;/q3*-1;+3. The molecule has 150 valence electrons. The molecule has 0 saturated heterocycles. The molecule has 0 bridgehead atoms. The molecule has 3 rings (SSSR count). The molecule has 3 aromatic rings. The number of hydrogen-bond donors (Lipinski definition) is 0. The van der Waals surface area contributed by atoms with E-state index in [1.54, 1.807) is 0 Å². The fourth-order valence-electron chi connectivity index (χ4n) is 2.62. The molecule has 0 aliphatic heterocycles. The average Bonchev–Trinajstić information content (AvgIpc) is 3.28. The van der Waals surface area contributed by atoms with Crippen LogP contribution in [0.1, 0.15) is 79.0 Å². The summed E-state index contributed by atoms with van der Waals surface area (Å²) in [5.74, 6) is 0. The molecule has 0 aliphatic carbocycles. The second-order valence-corrected chi connectivity index (χ2v) is 10.3. The fraction of sp³-hybridized carbons (Fsp3) is 0.444. The zero-order valence-electron chi connectivity index (χ0n) is 19.5. The van der Waals surface area contributed by atoms with Gasteiger partial charge in [-0.05, 0) is 0 Å². The first kappa shape index (κ1) is 27.2. The van der Waals surface area contributed by atoms with Crippen molar-refractivity contribution in [2.24, 2.45) is 0 Å². The Balaban J connectivity index is 0.000000384. The second kappa shape index (κ2) is 11.4. The van der Waals surface area contributed by atoms with Gasteiger partial charge in [0.25, 0.3) is 0 Å². The topological polar surface area (TPSA) is 0 Å². The van der Waals surface area contributed by atoms with Gasteiger partial charge < -0.3 is 0 Å². The summed E-state index contributed by atoms with van der Waals surface area (Å²) < 4.78 is 0. The first-order chi connectivity index (χ1) is 12.3. The third-order valence-electron chi connectivity index (χ3n) is 4.59. The van der Waals surface area contributed by atoms with Crippen LogP contribution in [0.25, 0.3) is 0 Å². The number of rotatable bonds is 0. The monoisotopic (exact) mass is 502 g/mol. The van der Waals surface area contributed by atoms with Gasteiger partial charge in [-0.2, -0.15) is 53.1 Å². The van der Waals surface area contributed by atoms with Crippen molar-refractivity contribution < 1.29 is 35.6 Å². The maximum Gasteiger partial charge on any atom is 3.00 e. The third-order valence-corrected chi connectivity index (χ3v) is 4.59. The summed E-state index contributed by atoms with van der Waals surface area (Å²) in [7, 11) is 0. The van der Waals surface area contributed by atoms with E-state index in [2.05, 4.69) is 135 Å². The first-order valence-corrected chi connectivity index (χ1v) is 9.98. The summed E-state index contributed by atoms with van der Waals surface area (Å²) >= 11 is 0. The van der Waals surface area contributed by atoms with Gasteiger partial charge >= 0.3 is 35.6 Å². The molecule has 0 atom stereocenters. The van der Waals surface area contributed by atoms with Gasteiger partial charge in [0.05, 0.1) is 0 Å². The van der Waals surface area contributed by atoms with E-state index in [1.165, 1.54) is 16.7 Å². The van der Waals surface area contributed by atoms with Crippen LogP contribution in [0.15, 0.2) is 72.8 Å². The van der Waals surface area contributed by atoms with E-state index in [0.29, 0.717) is 16.2 Å². The van der Waals surface area contributed by atoms with Crippen LogP contribution in [0.4, 0.5) is 0 Å². The van der Waals surface area contributed by atoms with Crippen molar-refractivity contribution in [3.05, 3.63) is 89.5 Å². The van der Waals surface area contributed by atoms with Crippen molar-refractivity contribution in [3.8, 4) is 0 Å². The summed E-state index contributed by atoms with van der Waals surface area (Å²) in [6.07, 6.45) is 0. The SMILES string of the molecule is CC(C)(C)[c-]1cccc1.CC(C)(C)[c-]1cccc1.CC(C)(C)[c-]1cccc1.[La+3]. The van der Waals surface area contributed by atoms with Crippen LogP contribution >= 0.6 is 0 Å². The Hall–Kier alpha value is -0.755. The zero-order valence-corrected chi connectivity index (χ0v) is 23.1. The van der Waals surface area contributed by atoms with E-state index in [1.807, 2.05) is 0 Å². The van der Waals surface area contributed by atoms with Crippen molar-refractivity contribution >= 4 is 0 Å². The predicted octanol–water partition coefficient (Wildman–Crippen LogP) is 8.11. The van der Waals surface area contributed by atoms with Crippen molar-refractivity contribution in [2.75, 3.05) is 0 Å². The van der Waals surface area contributed by atoms with Crippen LogP contribution < -0.4 is 0 Å². The maximum atomic E-state index is 2.22. The Labute approximate surface area is 202 Å². The second-order valence-electron chi connectivity index (χ2n) is 10.3. The Morgan fingerprint density at radius 3 is 0.571 bits per heavy atom. The first-order valence-electron chi connectivity index (χ1n) is 9.98. The quantitative estimate of drug-likeness (QED) is 0.273. The molecule has 0 unspecified atom stereocenters. The van der Waals surface area contributed by atoms with Crippen molar-refractivity contribution in [2.45, 2.75) is 78.6 Å². The van der Waals surface area contributed by atoms with E-state index >= 15 is 0 Å². The molecule has 0 fully saturated rings. The Bertz CT molecular complexity index is 599. The summed E-state index contributed by atoms with van der Waals surface area (Å²) in [6.45, 7) is 20.0. The molecular weight excluding hydrogens is 463 g/mol. The molecular formula is C27H39La. The molecule has 0 amide bonds. The van der Waals surface area contributed by atoms with Crippen LogP contribution in [0.2, 0.25) is 0 Å². The Morgan fingerprint density at radius 2 is 0.500 bits per heavy atom. The molecule has 0 nitrogen and oxygen atoms in total. The molecule has 0 aliphatic rings. The summed E-state index contributed by atoms with van der Waals surface area (Å²) in [4.78, 5) is 0. The van der Waals surface area contributed by atoms with Crippen LogP contribution in [-0.2, 0) is 16.2 Å². The Morgan fingerprint density at radius 1 is 0.357 bits per heavy atom. The van der Waals surface area contributed by atoms with Crippen LogP contribution in [0.5, 0.6) is 0 Å². The molecule has 0 N–H and O–H groups in total. The van der Waals surface area contributed by atoms with Gasteiger partial charge in [0, 0.05) is 0 Å². The summed E-state index contributed by atoms with van der Waals surface area (Å²) in [5.41, 5.74) is 5.23. The predicted molar refractivity (Wildman–Crippen MR) is 122 cm³/mol. The zero-order chi connectivity index (χ0) is 20.7. The molecule has 0 saturated carbocycles. The average molecular weight is 503 g/mol. The molecule has 0 radical (unpaired) electrons. The van der Waals surface area contributed by atoms with Gasteiger partial charge in [-0.15, -0.1) is 0 Å². The van der Waals surface area contributed by atoms with Crippen molar-refractivity contribution in [3.63, 3.8) is 0 Å². The summed E-state index contributed by atoms with van der Waals surface area (Å²) in [6, 6.07) is 25.5. The van der Waals surface area contributed by atoms with E-state index < -0.39 is 0 Å². The molecule has 0 spiro atoms. The normalized spacial score (nSPS) is 11.5. The van der Waals surface area contributed by atoms with Crippen LogP contribution in [0, 0.1) is 35.6 Å². The fourth-order valence-corrected chi connectivity index (χ4v) is 2.62. The number of hydrogen-bond acceptors (Lipinski definition) is 0. The largest absolute Gasteiger partial charge is 3.00 e. The molecule has 1 heteroatoms. The Kier molecular flexibility index (Phi) is 11.1. The minimum atomic E-state index is 0. The molecule has 0 aromatic heterocycles. The summed E-state index contributed by atoms with van der Waals surface area (Å²) in [5, 5.41) is 0. The van der Waals surface area contributed by atoms with Gasteiger partial charge in [0.1, 0.15) is 0 Å². The maximum absolute atomic E-state index is 2.22. The molecule has 3 aromatic carbocycles. The van der Waals surface area contributed by atoms with Gasteiger partial charge in [-0.25, -0.2) is 36.4 Å². The van der Waals surface area contributed by atoms with Gasteiger partial charge in [0.2, 0.25) is 0 Å². The minimum Gasteiger partial charge on any atom is -0.213 e.